The molecule has 0 bridgehead atoms. The summed E-state index contributed by atoms with van der Waals surface area (Å²) in [6, 6.07) is 24.4. The van der Waals surface area contributed by atoms with Crippen molar-refractivity contribution in [1.29, 1.82) is 0 Å². The SMILES string of the molecule is Oc1cc(-c2ccccc2)cc(O)c1N=Nc1c(O)cc(-c2ccccc2)cc1O. The van der Waals surface area contributed by atoms with Crippen LogP contribution in [0, 0.1) is 0 Å². The predicted octanol–water partition coefficient (Wildman–Crippen LogP) is 6.26. The minimum atomic E-state index is -0.280. The summed E-state index contributed by atoms with van der Waals surface area (Å²) in [4.78, 5) is 0. The third-order valence-electron chi connectivity index (χ3n) is 4.60. The number of azo groups is 1. The van der Waals surface area contributed by atoms with E-state index in [0.29, 0.717) is 11.1 Å². The van der Waals surface area contributed by atoms with Crippen LogP contribution < -0.4 is 0 Å². The lowest BCUT2D eigenvalue weighted by atomic mass is 10.0. The first-order chi connectivity index (χ1) is 14.5. The van der Waals surface area contributed by atoms with Gasteiger partial charge in [-0.2, -0.15) is 0 Å². The molecule has 30 heavy (non-hydrogen) atoms. The fourth-order valence-electron chi connectivity index (χ4n) is 3.11. The van der Waals surface area contributed by atoms with E-state index in [4.69, 9.17) is 0 Å². The lowest BCUT2D eigenvalue weighted by Crippen LogP contribution is -1.80. The van der Waals surface area contributed by atoms with Crippen LogP contribution in [0.2, 0.25) is 0 Å². The largest absolute Gasteiger partial charge is 0.505 e. The van der Waals surface area contributed by atoms with Gasteiger partial charge in [-0.25, -0.2) is 0 Å². The highest BCUT2D eigenvalue weighted by atomic mass is 16.3. The van der Waals surface area contributed by atoms with Gasteiger partial charge in [-0.1, -0.05) is 60.7 Å². The smallest absolute Gasteiger partial charge is 0.169 e. The second-order valence-electron chi connectivity index (χ2n) is 6.66. The Morgan fingerprint density at radius 3 is 1.00 bits per heavy atom. The van der Waals surface area contributed by atoms with E-state index < -0.39 is 0 Å². The molecule has 0 unspecified atom stereocenters. The van der Waals surface area contributed by atoms with Crippen molar-refractivity contribution in [3.63, 3.8) is 0 Å². The Labute approximate surface area is 172 Å². The lowest BCUT2D eigenvalue weighted by Gasteiger charge is -2.08. The summed E-state index contributed by atoms with van der Waals surface area (Å²) in [5.74, 6) is -1.12. The number of hydrogen-bond acceptors (Lipinski definition) is 6. The molecule has 0 aliphatic rings. The maximum atomic E-state index is 10.3. The monoisotopic (exact) mass is 398 g/mol. The fraction of sp³-hybridized carbons (Fsp3) is 0. The third kappa shape index (κ3) is 3.79. The number of phenols is 4. The van der Waals surface area contributed by atoms with E-state index >= 15 is 0 Å². The molecular weight excluding hydrogens is 380 g/mol. The molecule has 148 valence electrons. The van der Waals surface area contributed by atoms with Gasteiger partial charge in [0.15, 0.2) is 11.4 Å². The van der Waals surface area contributed by atoms with Crippen LogP contribution in [0.15, 0.2) is 95.2 Å². The maximum Gasteiger partial charge on any atom is 0.169 e. The van der Waals surface area contributed by atoms with Gasteiger partial charge in [0.1, 0.15) is 23.0 Å². The highest BCUT2D eigenvalue weighted by molar-refractivity contribution is 5.76. The van der Waals surface area contributed by atoms with Gasteiger partial charge in [-0.3, -0.25) is 0 Å². The highest BCUT2D eigenvalue weighted by Crippen LogP contribution is 2.44. The molecule has 0 saturated carbocycles. The fourth-order valence-corrected chi connectivity index (χ4v) is 3.11. The van der Waals surface area contributed by atoms with Crippen LogP contribution in [-0.4, -0.2) is 20.4 Å². The van der Waals surface area contributed by atoms with Crippen LogP contribution in [0.3, 0.4) is 0 Å². The van der Waals surface area contributed by atoms with Crippen molar-refractivity contribution in [2.75, 3.05) is 0 Å². The molecule has 0 saturated heterocycles. The normalized spacial score (nSPS) is 11.1. The summed E-state index contributed by atoms with van der Waals surface area (Å²) >= 11 is 0. The van der Waals surface area contributed by atoms with Gasteiger partial charge in [0, 0.05) is 0 Å². The van der Waals surface area contributed by atoms with Crippen molar-refractivity contribution in [3.8, 4) is 45.3 Å². The molecule has 4 aromatic carbocycles. The number of phenolic OH excluding ortho intramolecular Hbond substituents is 4. The van der Waals surface area contributed by atoms with E-state index in [2.05, 4.69) is 10.2 Å². The van der Waals surface area contributed by atoms with E-state index in [0.717, 1.165) is 11.1 Å². The first-order valence-electron chi connectivity index (χ1n) is 9.17. The Bertz CT molecular complexity index is 1080. The van der Waals surface area contributed by atoms with Crippen molar-refractivity contribution in [3.05, 3.63) is 84.9 Å². The molecule has 4 N–H and O–H groups in total. The molecule has 0 aliphatic carbocycles. The molecular formula is C24H18N2O4. The van der Waals surface area contributed by atoms with Crippen LogP contribution in [0.1, 0.15) is 0 Å². The van der Waals surface area contributed by atoms with E-state index in [1.54, 1.807) is 0 Å². The van der Waals surface area contributed by atoms with E-state index in [1.807, 2.05) is 60.7 Å². The number of hydrogen-bond donors (Lipinski definition) is 4. The molecule has 0 amide bonds. The average Bonchev–Trinajstić information content (AvgIpc) is 2.75. The summed E-state index contributed by atoms with van der Waals surface area (Å²) in [5, 5.41) is 48.9. The molecule has 4 rings (SSSR count). The van der Waals surface area contributed by atoms with Crippen molar-refractivity contribution in [1.82, 2.24) is 0 Å². The predicted molar refractivity (Wildman–Crippen MR) is 115 cm³/mol. The topological polar surface area (TPSA) is 106 Å². The molecule has 0 fully saturated rings. The van der Waals surface area contributed by atoms with Crippen LogP contribution in [-0.2, 0) is 0 Å². The lowest BCUT2D eigenvalue weighted by molar-refractivity contribution is 0.448. The van der Waals surface area contributed by atoms with Crippen molar-refractivity contribution in [2.45, 2.75) is 0 Å². The quantitative estimate of drug-likeness (QED) is 0.304. The number of nitrogens with zero attached hydrogens (tertiary/aromatic N) is 2. The summed E-state index contributed by atoms with van der Waals surface area (Å²) in [7, 11) is 0. The van der Waals surface area contributed by atoms with Crippen molar-refractivity contribution < 1.29 is 20.4 Å². The van der Waals surface area contributed by atoms with Crippen LogP contribution >= 0.6 is 0 Å². The van der Waals surface area contributed by atoms with Crippen molar-refractivity contribution >= 4 is 11.4 Å². The molecule has 0 aliphatic heterocycles. The van der Waals surface area contributed by atoms with Gasteiger partial charge in [-0.05, 0) is 46.5 Å². The molecule has 0 heterocycles. The summed E-state index contributed by atoms with van der Waals surface area (Å²) in [6.45, 7) is 0. The van der Waals surface area contributed by atoms with Crippen molar-refractivity contribution in [2.24, 2.45) is 10.2 Å². The highest BCUT2D eigenvalue weighted by Gasteiger charge is 2.14. The third-order valence-corrected chi connectivity index (χ3v) is 4.60. The van der Waals surface area contributed by atoms with E-state index in [1.165, 1.54) is 24.3 Å². The van der Waals surface area contributed by atoms with Gasteiger partial charge >= 0.3 is 0 Å². The molecule has 0 aromatic heterocycles. The second-order valence-corrected chi connectivity index (χ2v) is 6.66. The second kappa shape index (κ2) is 7.97. The summed E-state index contributed by atoms with van der Waals surface area (Å²) in [5.41, 5.74) is 2.53. The van der Waals surface area contributed by atoms with Crippen LogP contribution in [0.5, 0.6) is 23.0 Å². The Morgan fingerprint density at radius 1 is 0.400 bits per heavy atom. The van der Waals surface area contributed by atoms with Gasteiger partial charge in [0.2, 0.25) is 0 Å². The standard InChI is InChI=1S/C24H18N2O4/c27-19-11-17(15-7-3-1-4-8-15)12-20(28)23(19)25-26-24-21(29)13-18(14-22(24)30)16-9-5-2-6-10-16/h1-14,27-30H. The number of benzene rings is 4. The Hall–Kier alpha value is -4.32. The first kappa shape index (κ1) is 19.0. The van der Waals surface area contributed by atoms with E-state index in [-0.39, 0.29) is 34.4 Å². The van der Waals surface area contributed by atoms with Gasteiger partial charge in [-0.15, -0.1) is 10.2 Å². The average molecular weight is 398 g/mol. The first-order valence-corrected chi connectivity index (χ1v) is 9.17. The molecule has 4 aromatic rings. The summed E-state index contributed by atoms with van der Waals surface area (Å²) < 4.78 is 0. The zero-order valence-electron chi connectivity index (χ0n) is 15.8. The number of rotatable bonds is 4. The Kier molecular flexibility index (Phi) is 5.05. The Balaban J connectivity index is 1.67. The minimum absolute atomic E-state index is 0.166. The van der Waals surface area contributed by atoms with Crippen LogP contribution in [0.4, 0.5) is 11.4 Å². The molecule has 0 radical (unpaired) electrons. The maximum absolute atomic E-state index is 10.3. The molecule has 6 heteroatoms. The summed E-state index contributed by atoms with van der Waals surface area (Å²) in [6.07, 6.45) is 0. The van der Waals surface area contributed by atoms with Crippen LogP contribution in [0.25, 0.3) is 22.3 Å². The zero-order valence-corrected chi connectivity index (χ0v) is 15.8. The Morgan fingerprint density at radius 2 is 0.700 bits per heavy atom. The van der Waals surface area contributed by atoms with E-state index in [9.17, 15) is 20.4 Å². The zero-order chi connectivity index (χ0) is 21.1. The molecule has 0 atom stereocenters. The molecule has 0 spiro atoms. The van der Waals surface area contributed by atoms with Gasteiger partial charge < -0.3 is 20.4 Å². The minimum Gasteiger partial charge on any atom is -0.505 e. The molecule has 6 nitrogen and oxygen atoms in total. The van der Waals surface area contributed by atoms with Gasteiger partial charge in [0.05, 0.1) is 0 Å². The van der Waals surface area contributed by atoms with Gasteiger partial charge in [0.25, 0.3) is 0 Å². The number of aromatic hydroxyl groups is 4.